The molecule has 0 amide bonds. The molecule has 1 N–H and O–H groups in total. The van der Waals surface area contributed by atoms with E-state index in [1.54, 1.807) is 36.7 Å². The number of halogens is 1. The Balaban J connectivity index is 1.78. The van der Waals surface area contributed by atoms with Crippen LogP contribution in [0.5, 0.6) is 11.5 Å². The highest BCUT2D eigenvalue weighted by Gasteiger charge is 2.11. The molecule has 2 aromatic rings. The summed E-state index contributed by atoms with van der Waals surface area (Å²) < 4.78 is 12.4. The molecule has 0 saturated carbocycles. The molecule has 0 bridgehead atoms. The fraction of sp³-hybridized carbons (Fsp3) is 0.500. The van der Waals surface area contributed by atoms with E-state index in [1.165, 1.54) is 0 Å². The van der Waals surface area contributed by atoms with Crippen LogP contribution in [0.1, 0.15) is 12.0 Å². The maximum absolute atomic E-state index is 6.10. The number of tetrazole rings is 1. The molecule has 0 saturated heterocycles. The van der Waals surface area contributed by atoms with Gasteiger partial charge in [0, 0.05) is 36.0 Å². The maximum atomic E-state index is 6.10. The average Bonchev–Trinajstić information content (AvgIpc) is 2.95. The Bertz CT molecular complexity index is 638. The van der Waals surface area contributed by atoms with Gasteiger partial charge < -0.3 is 14.8 Å². The molecule has 1 aromatic heterocycles. The van der Waals surface area contributed by atoms with Gasteiger partial charge in [-0.05, 0) is 29.5 Å². The molecule has 0 radical (unpaired) electrons. The van der Waals surface area contributed by atoms with Gasteiger partial charge in [0.05, 0.1) is 14.2 Å². The van der Waals surface area contributed by atoms with Gasteiger partial charge >= 0.3 is 0 Å². The third kappa shape index (κ3) is 4.98. The van der Waals surface area contributed by atoms with E-state index in [4.69, 9.17) is 21.1 Å². The topological polar surface area (TPSA) is 74.1 Å². The second kappa shape index (κ2) is 8.95. The lowest BCUT2D eigenvalue weighted by molar-refractivity contribution is 0.350. The van der Waals surface area contributed by atoms with Gasteiger partial charge in [-0.2, -0.15) is 0 Å². The number of rotatable bonds is 9. The van der Waals surface area contributed by atoms with Crippen LogP contribution in [0.4, 0.5) is 0 Å². The highest BCUT2D eigenvalue weighted by Crippen LogP contribution is 2.34. The van der Waals surface area contributed by atoms with Gasteiger partial charge in [0.1, 0.15) is 0 Å². The highest BCUT2D eigenvalue weighted by molar-refractivity contribution is 7.99. The van der Waals surface area contributed by atoms with Crippen LogP contribution in [0, 0.1) is 0 Å². The van der Waals surface area contributed by atoms with Gasteiger partial charge in [-0.3, -0.25) is 0 Å². The molecule has 0 unspecified atom stereocenters. The summed E-state index contributed by atoms with van der Waals surface area (Å²) in [6, 6.07) is 3.63. The van der Waals surface area contributed by atoms with Crippen LogP contribution in [0.25, 0.3) is 0 Å². The molecule has 0 aliphatic heterocycles. The van der Waals surface area contributed by atoms with Crippen LogP contribution in [-0.2, 0) is 13.6 Å². The van der Waals surface area contributed by atoms with Crippen molar-refractivity contribution < 1.29 is 9.47 Å². The fourth-order valence-electron chi connectivity index (χ4n) is 2.06. The number of nitrogens with zero attached hydrogens (tertiary/aromatic N) is 4. The van der Waals surface area contributed by atoms with Crippen LogP contribution in [0.15, 0.2) is 17.3 Å². The van der Waals surface area contributed by atoms with E-state index < -0.39 is 0 Å². The van der Waals surface area contributed by atoms with Crippen molar-refractivity contribution in [2.75, 3.05) is 26.5 Å². The minimum absolute atomic E-state index is 0.629. The lowest BCUT2D eigenvalue weighted by atomic mass is 10.2. The van der Waals surface area contributed by atoms with Crippen molar-refractivity contribution in [1.29, 1.82) is 0 Å². The number of hydrogen-bond acceptors (Lipinski definition) is 7. The molecule has 23 heavy (non-hydrogen) atoms. The summed E-state index contributed by atoms with van der Waals surface area (Å²) in [7, 11) is 5.06. The number of thioether (sulfide) groups is 1. The summed E-state index contributed by atoms with van der Waals surface area (Å²) in [6.45, 7) is 1.53. The first-order valence-electron chi connectivity index (χ1n) is 7.12. The molecule has 0 aliphatic rings. The van der Waals surface area contributed by atoms with E-state index in [-0.39, 0.29) is 0 Å². The number of hydrogen-bond donors (Lipinski definition) is 1. The number of methoxy groups -OCH3 is 2. The monoisotopic (exact) mass is 357 g/mol. The van der Waals surface area contributed by atoms with Gasteiger partial charge in [-0.1, -0.05) is 23.4 Å². The van der Waals surface area contributed by atoms with Gasteiger partial charge in [0.25, 0.3) is 0 Å². The number of nitrogens with one attached hydrogen (secondary N) is 1. The zero-order valence-electron chi connectivity index (χ0n) is 13.4. The highest BCUT2D eigenvalue weighted by atomic mass is 35.5. The molecule has 0 spiro atoms. The van der Waals surface area contributed by atoms with Crippen LogP contribution in [-0.4, -0.2) is 46.7 Å². The number of aryl methyl sites for hydroxylation is 1. The van der Waals surface area contributed by atoms with Crippen LogP contribution >= 0.6 is 23.4 Å². The number of benzene rings is 1. The minimum Gasteiger partial charge on any atom is -0.493 e. The molecular weight excluding hydrogens is 338 g/mol. The number of aromatic nitrogens is 4. The Morgan fingerprint density at radius 1 is 1.30 bits per heavy atom. The summed E-state index contributed by atoms with van der Waals surface area (Å²) >= 11 is 7.74. The molecule has 7 nitrogen and oxygen atoms in total. The smallest absolute Gasteiger partial charge is 0.209 e. The predicted octanol–water partition coefficient (Wildman–Crippen LogP) is 2.15. The summed E-state index contributed by atoms with van der Waals surface area (Å²) in [5, 5.41) is 16.2. The second-order valence-corrected chi connectivity index (χ2v) is 6.26. The first-order chi connectivity index (χ1) is 11.2. The molecule has 9 heteroatoms. The third-order valence-corrected chi connectivity index (χ3v) is 4.46. The summed E-state index contributed by atoms with van der Waals surface area (Å²) in [5.74, 6) is 2.29. The summed E-state index contributed by atoms with van der Waals surface area (Å²) in [5.41, 5.74) is 0.974. The van der Waals surface area contributed by atoms with E-state index in [0.717, 1.165) is 29.4 Å². The van der Waals surface area contributed by atoms with Crippen molar-refractivity contribution in [1.82, 2.24) is 25.5 Å². The minimum atomic E-state index is 0.629. The average molecular weight is 358 g/mol. The van der Waals surface area contributed by atoms with Crippen molar-refractivity contribution in [3.63, 3.8) is 0 Å². The Labute approximate surface area is 144 Å². The second-order valence-electron chi connectivity index (χ2n) is 4.76. The molecule has 1 heterocycles. The summed E-state index contributed by atoms with van der Waals surface area (Å²) in [4.78, 5) is 0. The van der Waals surface area contributed by atoms with Crippen molar-refractivity contribution in [3.05, 3.63) is 22.7 Å². The van der Waals surface area contributed by atoms with E-state index in [0.29, 0.717) is 23.1 Å². The van der Waals surface area contributed by atoms with Crippen molar-refractivity contribution >= 4 is 23.4 Å². The predicted molar refractivity (Wildman–Crippen MR) is 90.4 cm³/mol. The van der Waals surface area contributed by atoms with Crippen molar-refractivity contribution in [2.24, 2.45) is 7.05 Å². The largest absolute Gasteiger partial charge is 0.493 e. The molecule has 126 valence electrons. The Morgan fingerprint density at radius 2 is 2.13 bits per heavy atom. The van der Waals surface area contributed by atoms with E-state index in [1.807, 2.05) is 13.1 Å². The first kappa shape index (κ1) is 17.8. The van der Waals surface area contributed by atoms with Gasteiger partial charge in [-0.25, -0.2) is 4.68 Å². The molecule has 0 atom stereocenters. The van der Waals surface area contributed by atoms with E-state index in [9.17, 15) is 0 Å². The SMILES string of the molecule is COc1cc(Cl)cc(CNCCCSc2nnnn2C)c1OC. The summed E-state index contributed by atoms with van der Waals surface area (Å²) in [6.07, 6.45) is 0.998. The molecular formula is C14H20ClN5O2S. The zero-order valence-corrected chi connectivity index (χ0v) is 14.9. The van der Waals surface area contributed by atoms with Crippen LogP contribution < -0.4 is 14.8 Å². The van der Waals surface area contributed by atoms with Crippen LogP contribution in [0.2, 0.25) is 5.02 Å². The quantitative estimate of drug-likeness (QED) is 0.544. The van der Waals surface area contributed by atoms with E-state index in [2.05, 4.69) is 20.8 Å². The van der Waals surface area contributed by atoms with Gasteiger partial charge in [-0.15, -0.1) is 5.10 Å². The zero-order chi connectivity index (χ0) is 16.7. The molecule has 1 aromatic carbocycles. The molecule has 2 rings (SSSR count). The molecule has 0 fully saturated rings. The maximum Gasteiger partial charge on any atom is 0.209 e. The third-order valence-electron chi connectivity index (χ3n) is 3.15. The number of ether oxygens (including phenoxy) is 2. The van der Waals surface area contributed by atoms with Crippen molar-refractivity contribution in [3.8, 4) is 11.5 Å². The molecule has 0 aliphatic carbocycles. The Hall–Kier alpha value is -1.51. The van der Waals surface area contributed by atoms with Gasteiger partial charge in [0.15, 0.2) is 11.5 Å². The Morgan fingerprint density at radius 3 is 2.78 bits per heavy atom. The lowest BCUT2D eigenvalue weighted by Crippen LogP contribution is -2.16. The fourth-order valence-corrected chi connectivity index (χ4v) is 3.08. The first-order valence-corrected chi connectivity index (χ1v) is 8.48. The van der Waals surface area contributed by atoms with Crippen LogP contribution in [0.3, 0.4) is 0 Å². The normalized spacial score (nSPS) is 10.8. The Kier molecular flexibility index (Phi) is 6.94. The van der Waals surface area contributed by atoms with E-state index >= 15 is 0 Å². The standard InChI is InChI=1S/C14H20ClN5O2S/c1-20-14(17-18-19-20)23-6-4-5-16-9-10-7-11(15)8-12(21-2)13(10)22-3/h7-8,16H,4-6,9H2,1-3H3. The van der Waals surface area contributed by atoms with Gasteiger partial charge in [0.2, 0.25) is 5.16 Å². The van der Waals surface area contributed by atoms with Crippen molar-refractivity contribution in [2.45, 2.75) is 18.1 Å². The lowest BCUT2D eigenvalue weighted by Gasteiger charge is -2.14.